The zero-order chi connectivity index (χ0) is 7.49. The van der Waals surface area contributed by atoms with Gasteiger partial charge in [0.05, 0.1) is 6.16 Å². The number of hydrogen-bond acceptors (Lipinski definition) is 1. The topological polar surface area (TPSA) is 57.5 Å². The average Bonchev–Trinajstić information content (AvgIpc) is 1.59. The van der Waals surface area contributed by atoms with Crippen LogP contribution >= 0.6 is 19.2 Å². The van der Waals surface area contributed by atoms with Crippen LogP contribution in [0.1, 0.15) is 13.3 Å². The Morgan fingerprint density at radius 2 is 2.11 bits per heavy atom. The summed E-state index contributed by atoms with van der Waals surface area (Å²) in [7, 11) is -3.80. The Hall–Kier alpha value is 0.440. The Bertz CT molecular complexity index is 119. The van der Waals surface area contributed by atoms with E-state index in [9.17, 15) is 4.57 Å². The third kappa shape index (κ3) is 8.44. The van der Waals surface area contributed by atoms with Gasteiger partial charge in [0.1, 0.15) is 0 Å². The summed E-state index contributed by atoms with van der Waals surface area (Å²) in [5.74, 6) is 0. The van der Waals surface area contributed by atoms with Gasteiger partial charge in [-0.15, -0.1) is 11.6 Å². The lowest BCUT2D eigenvalue weighted by molar-refractivity contribution is 0.371. The van der Waals surface area contributed by atoms with E-state index in [0.29, 0.717) is 6.42 Å². The monoisotopic (exact) mass is 172 g/mol. The summed E-state index contributed by atoms with van der Waals surface area (Å²) in [6, 6.07) is 0. The summed E-state index contributed by atoms with van der Waals surface area (Å²) in [5.41, 5.74) is 0. The molecule has 0 amide bonds. The van der Waals surface area contributed by atoms with Gasteiger partial charge in [0, 0.05) is 5.38 Å². The quantitative estimate of drug-likeness (QED) is 0.497. The van der Waals surface area contributed by atoms with Crippen molar-refractivity contribution in [1.82, 2.24) is 0 Å². The molecule has 5 heteroatoms. The summed E-state index contributed by atoms with van der Waals surface area (Å²) in [4.78, 5) is 16.6. The number of alkyl halides is 1. The van der Waals surface area contributed by atoms with Crippen LogP contribution in [-0.4, -0.2) is 21.3 Å². The van der Waals surface area contributed by atoms with Crippen molar-refractivity contribution in [2.75, 3.05) is 6.16 Å². The average molecular weight is 173 g/mol. The molecule has 1 atom stereocenters. The predicted octanol–water partition coefficient (Wildman–Crippen LogP) is 1.18. The van der Waals surface area contributed by atoms with Crippen molar-refractivity contribution in [1.29, 1.82) is 0 Å². The van der Waals surface area contributed by atoms with E-state index < -0.39 is 7.60 Å². The van der Waals surface area contributed by atoms with Crippen LogP contribution in [0.15, 0.2) is 0 Å². The maximum absolute atomic E-state index is 10.2. The summed E-state index contributed by atoms with van der Waals surface area (Å²) < 4.78 is 10.2. The molecule has 0 aliphatic rings. The van der Waals surface area contributed by atoms with E-state index in [1.165, 1.54) is 0 Å². The van der Waals surface area contributed by atoms with Gasteiger partial charge in [-0.05, 0) is 13.3 Å². The summed E-state index contributed by atoms with van der Waals surface area (Å²) >= 11 is 5.44. The fourth-order valence-electron chi connectivity index (χ4n) is 0.346. The van der Waals surface area contributed by atoms with Gasteiger partial charge in [0.15, 0.2) is 0 Å². The second-order valence-electron chi connectivity index (χ2n) is 1.96. The molecule has 0 aromatic carbocycles. The van der Waals surface area contributed by atoms with Crippen LogP contribution in [0, 0.1) is 0 Å². The van der Waals surface area contributed by atoms with Gasteiger partial charge >= 0.3 is 7.60 Å². The molecule has 0 saturated carbocycles. The molecule has 0 heterocycles. The largest absolute Gasteiger partial charge is 0.325 e. The smallest absolute Gasteiger partial charge is 0.324 e. The zero-order valence-electron chi connectivity index (χ0n) is 5.12. The van der Waals surface area contributed by atoms with E-state index in [-0.39, 0.29) is 11.5 Å². The first-order chi connectivity index (χ1) is 3.92. The summed E-state index contributed by atoms with van der Waals surface area (Å²) in [6.45, 7) is 1.71. The zero-order valence-corrected chi connectivity index (χ0v) is 6.77. The van der Waals surface area contributed by atoms with Gasteiger partial charge < -0.3 is 9.79 Å². The molecule has 3 nitrogen and oxygen atoms in total. The number of hydrogen-bond donors (Lipinski definition) is 2. The van der Waals surface area contributed by atoms with Crippen molar-refractivity contribution >= 4 is 19.2 Å². The van der Waals surface area contributed by atoms with E-state index in [1.54, 1.807) is 6.92 Å². The van der Waals surface area contributed by atoms with Gasteiger partial charge in [-0.1, -0.05) is 0 Å². The Morgan fingerprint density at radius 1 is 1.67 bits per heavy atom. The highest BCUT2D eigenvalue weighted by Gasteiger charge is 2.13. The minimum atomic E-state index is -3.80. The molecule has 0 aromatic heterocycles. The van der Waals surface area contributed by atoms with Crippen LogP contribution in [0.3, 0.4) is 0 Å². The van der Waals surface area contributed by atoms with E-state index in [4.69, 9.17) is 21.4 Å². The first-order valence-corrected chi connectivity index (χ1v) is 4.84. The third-order valence-electron chi connectivity index (χ3n) is 0.818. The molecule has 9 heavy (non-hydrogen) atoms. The highest BCUT2D eigenvalue weighted by Crippen LogP contribution is 2.35. The van der Waals surface area contributed by atoms with E-state index in [0.717, 1.165) is 0 Å². The Morgan fingerprint density at radius 3 is 2.22 bits per heavy atom. The molecule has 0 aromatic rings. The van der Waals surface area contributed by atoms with Crippen LogP contribution in [0.2, 0.25) is 0 Å². The Kier molecular flexibility index (Phi) is 3.74. The SMILES string of the molecule is CC(Cl)CCP(=O)(O)O. The van der Waals surface area contributed by atoms with Crippen molar-refractivity contribution in [3.8, 4) is 0 Å². The van der Waals surface area contributed by atoms with Crippen molar-refractivity contribution in [2.45, 2.75) is 18.7 Å². The first kappa shape index (κ1) is 9.44. The molecule has 0 aliphatic heterocycles. The summed E-state index contributed by atoms with van der Waals surface area (Å²) in [5, 5.41) is -0.155. The molecule has 0 bridgehead atoms. The molecule has 0 rings (SSSR count). The highest BCUT2D eigenvalue weighted by atomic mass is 35.5. The third-order valence-corrected chi connectivity index (χ3v) is 1.88. The van der Waals surface area contributed by atoms with Gasteiger partial charge in [-0.3, -0.25) is 4.57 Å². The van der Waals surface area contributed by atoms with Crippen molar-refractivity contribution < 1.29 is 14.4 Å². The van der Waals surface area contributed by atoms with Crippen LogP contribution in [0.5, 0.6) is 0 Å². The molecular formula is C4H10ClO3P. The molecule has 0 spiro atoms. The van der Waals surface area contributed by atoms with Gasteiger partial charge in [0.2, 0.25) is 0 Å². The molecule has 0 saturated heterocycles. The normalized spacial score (nSPS) is 15.6. The molecule has 0 fully saturated rings. The minimum absolute atomic E-state index is 0.113. The molecule has 56 valence electrons. The Labute approximate surface area is 59.2 Å². The van der Waals surface area contributed by atoms with Crippen LogP contribution in [-0.2, 0) is 4.57 Å². The maximum atomic E-state index is 10.2. The Balaban J connectivity index is 3.40. The van der Waals surface area contributed by atoms with Crippen LogP contribution in [0.25, 0.3) is 0 Å². The predicted molar refractivity (Wildman–Crippen MR) is 36.8 cm³/mol. The second kappa shape index (κ2) is 3.57. The second-order valence-corrected chi connectivity index (χ2v) is 4.48. The van der Waals surface area contributed by atoms with E-state index >= 15 is 0 Å². The van der Waals surface area contributed by atoms with Crippen molar-refractivity contribution in [2.24, 2.45) is 0 Å². The lowest BCUT2D eigenvalue weighted by atomic mass is 10.4. The fourth-order valence-corrected chi connectivity index (χ4v) is 1.33. The number of rotatable bonds is 3. The van der Waals surface area contributed by atoms with Gasteiger partial charge in [0.25, 0.3) is 0 Å². The van der Waals surface area contributed by atoms with Gasteiger partial charge in [-0.25, -0.2) is 0 Å². The van der Waals surface area contributed by atoms with Crippen LogP contribution in [0.4, 0.5) is 0 Å². The van der Waals surface area contributed by atoms with Crippen LogP contribution < -0.4 is 0 Å². The standard InChI is InChI=1S/C4H10ClO3P/c1-4(5)2-3-9(6,7)8/h4H,2-3H2,1H3,(H2,6,7,8). The highest BCUT2D eigenvalue weighted by molar-refractivity contribution is 7.51. The molecule has 1 unspecified atom stereocenters. The molecule has 0 radical (unpaired) electrons. The molecule has 2 N–H and O–H groups in total. The summed E-state index contributed by atoms with van der Waals surface area (Å²) in [6.07, 6.45) is 0.253. The molecular weight excluding hydrogens is 162 g/mol. The first-order valence-electron chi connectivity index (χ1n) is 2.60. The lowest BCUT2D eigenvalue weighted by Crippen LogP contribution is -1.96. The minimum Gasteiger partial charge on any atom is -0.324 e. The fraction of sp³-hybridized carbons (Fsp3) is 1.00. The maximum Gasteiger partial charge on any atom is 0.325 e. The lowest BCUT2D eigenvalue weighted by Gasteiger charge is -2.03. The van der Waals surface area contributed by atoms with Crippen molar-refractivity contribution in [3.05, 3.63) is 0 Å². The van der Waals surface area contributed by atoms with Gasteiger partial charge in [-0.2, -0.15) is 0 Å². The number of halogens is 1. The van der Waals surface area contributed by atoms with E-state index in [2.05, 4.69) is 0 Å². The van der Waals surface area contributed by atoms with E-state index in [1.807, 2.05) is 0 Å². The molecule has 0 aliphatic carbocycles. The van der Waals surface area contributed by atoms with Crippen molar-refractivity contribution in [3.63, 3.8) is 0 Å².